The van der Waals surface area contributed by atoms with Crippen LogP contribution in [0.1, 0.15) is 25.3 Å². The van der Waals surface area contributed by atoms with Gasteiger partial charge in [-0.3, -0.25) is 0 Å². The van der Waals surface area contributed by atoms with Crippen molar-refractivity contribution in [3.63, 3.8) is 0 Å². The van der Waals surface area contributed by atoms with Crippen LogP contribution >= 0.6 is 0 Å². The highest BCUT2D eigenvalue weighted by molar-refractivity contribution is 6.03. The number of rotatable bonds is 1. The number of ether oxygens (including phenoxy) is 2. The standard InChI is InChI=1S/C14H14O3/c1-10-12(11-6-3-2-4-7-11)14(17-13(10)15)8-5-9-16-14/h2-4,6-7H,5,8-9H2,1H3. The number of esters is 1. The van der Waals surface area contributed by atoms with E-state index in [9.17, 15) is 4.79 Å². The minimum atomic E-state index is -0.817. The summed E-state index contributed by atoms with van der Waals surface area (Å²) < 4.78 is 11.2. The second-order valence-corrected chi connectivity index (χ2v) is 4.46. The predicted octanol–water partition coefficient (Wildman–Crippen LogP) is 2.52. The van der Waals surface area contributed by atoms with E-state index in [1.807, 2.05) is 30.3 Å². The Kier molecular flexibility index (Phi) is 2.30. The van der Waals surface area contributed by atoms with E-state index in [2.05, 4.69) is 0 Å². The zero-order chi connectivity index (χ0) is 11.9. The van der Waals surface area contributed by atoms with Crippen LogP contribution in [0.5, 0.6) is 0 Å². The van der Waals surface area contributed by atoms with E-state index in [0.717, 1.165) is 24.0 Å². The smallest absolute Gasteiger partial charge is 0.337 e. The van der Waals surface area contributed by atoms with E-state index in [0.29, 0.717) is 12.2 Å². The third-order valence-corrected chi connectivity index (χ3v) is 3.37. The summed E-state index contributed by atoms with van der Waals surface area (Å²) in [5, 5.41) is 0. The van der Waals surface area contributed by atoms with Gasteiger partial charge in [0, 0.05) is 17.6 Å². The zero-order valence-corrected chi connectivity index (χ0v) is 9.73. The van der Waals surface area contributed by atoms with E-state index in [1.54, 1.807) is 6.92 Å². The number of benzene rings is 1. The fraction of sp³-hybridized carbons (Fsp3) is 0.357. The van der Waals surface area contributed by atoms with Crippen LogP contribution in [0.4, 0.5) is 0 Å². The third kappa shape index (κ3) is 1.50. The maximum atomic E-state index is 11.8. The van der Waals surface area contributed by atoms with Crippen LogP contribution < -0.4 is 0 Å². The molecular formula is C14H14O3. The molecule has 1 spiro atoms. The summed E-state index contributed by atoms with van der Waals surface area (Å²) in [5.41, 5.74) is 2.58. The molecular weight excluding hydrogens is 216 g/mol. The minimum Gasteiger partial charge on any atom is -0.425 e. The van der Waals surface area contributed by atoms with Gasteiger partial charge in [0.1, 0.15) is 0 Å². The van der Waals surface area contributed by atoms with Gasteiger partial charge in [0.15, 0.2) is 0 Å². The monoisotopic (exact) mass is 230 g/mol. The van der Waals surface area contributed by atoms with Crippen LogP contribution in [0.15, 0.2) is 35.9 Å². The Morgan fingerprint density at radius 1 is 1.24 bits per heavy atom. The Bertz CT molecular complexity index is 481. The Labute approximate surface area is 100 Å². The number of hydrogen-bond donors (Lipinski definition) is 0. The van der Waals surface area contributed by atoms with Gasteiger partial charge in [-0.1, -0.05) is 30.3 Å². The van der Waals surface area contributed by atoms with Gasteiger partial charge < -0.3 is 9.47 Å². The van der Waals surface area contributed by atoms with Crippen molar-refractivity contribution in [1.82, 2.24) is 0 Å². The van der Waals surface area contributed by atoms with Crippen LogP contribution in [-0.2, 0) is 14.3 Å². The van der Waals surface area contributed by atoms with Gasteiger partial charge in [-0.15, -0.1) is 0 Å². The van der Waals surface area contributed by atoms with Gasteiger partial charge in [-0.25, -0.2) is 4.79 Å². The topological polar surface area (TPSA) is 35.5 Å². The number of carbonyl (C=O) groups excluding carboxylic acids is 1. The summed E-state index contributed by atoms with van der Waals surface area (Å²) in [5.74, 6) is -1.08. The second kappa shape index (κ2) is 3.70. The molecule has 0 aliphatic carbocycles. The van der Waals surface area contributed by atoms with Crippen molar-refractivity contribution in [1.29, 1.82) is 0 Å². The first-order chi connectivity index (χ1) is 8.23. The van der Waals surface area contributed by atoms with E-state index in [1.165, 1.54) is 0 Å². The van der Waals surface area contributed by atoms with Gasteiger partial charge in [-0.2, -0.15) is 0 Å². The van der Waals surface area contributed by atoms with Crippen LogP contribution in [0.3, 0.4) is 0 Å². The highest BCUT2D eigenvalue weighted by Gasteiger charge is 2.50. The molecule has 0 aromatic heterocycles. The summed E-state index contributed by atoms with van der Waals surface area (Å²) in [6, 6.07) is 9.86. The van der Waals surface area contributed by atoms with Crippen molar-refractivity contribution in [2.24, 2.45) is 0 Å². The first-order valence-corrected chi connectivity index (χ1v) is 5.87. The van der Waals surface area contributed by atoms with Crippen LogP contribution in [0.2, 0.25) is 0 Å². The molecule has 1 aromatic rings. The molecule has 1 atom stereocenters. The molecule has 0 radical (unpaired) electrons. The lowest BCUT2D eigenvalue weighted by molar-refractivity contribution is -0.179. The highest BCUT2D eigenvalue weighted by Crippen LogP contribution is 2.46. The lowest BCUT2D eigenvalue weighted by atomic mass is 9.93. The predicted molar refractivity (Wildman–Crippen MR) is 63.0 cm³/mol. The Hall–Kier alpha value is -1.61. The molecule has 3 heteroatoms. The van der Waals surface area contributed by atoms with Gasteiger partial charge in [-0.05, 0) is 18.9 Å². The van der Waals surface area contributed by atoms with Gasteiger partial charge in [0.05, 0.1) is 6.61 Å². The molecule has 88 valence electrons. The first-order valence-electron chi connectivity index (χ1n) is 5.87. The molecule has 1 saturated heterocycles. The summed E-state index contributed by atoms with van der Waals surface area (Å²) >= 11 is 0. The summed E-state index contributed by atoms with van der Waals surface area (Å²) in [6.07, 6.45) is 1.68. The second-order valence-electron chi connectivity index (χ2n) is 4.46. The Morgan fingerprint density at radius 2 is 2.00 bits per heavy atom. The summed E-state index contributed by atoms with van der Waals surface area (Å²) in [4.78, 5) is 11.8. The molecule has 2 aliphatic rings. The van der Waals surface area contributed by atoms with Crippen molar-refractivity contribution in [2.75, 3.05) is 6.61 Å². The van der Waals surface area contributed by atoms with E-state index in [-0.39, 0.29) is 5.97 Å². The minimum absolute atomic E-state index is 0.259. The molecule has 2 heterocycles. The zero-order valence-electron chi connectivity index (χ0n) is 9.73. The first kappa shape index (κ1) is 10.5. The average molecular weight is 230 g/mol. The van der Waals surface area contributed by atoms with Crippen molar-refractivity contribution in [3.05, 3.63) is 41.5 Å². The molecule has 2 aliphatic heterocycles. The van der Waals surface area contributed by atoms with Crippen LogP contribution in [-0.4, -0.2) is 18.4 Å². The molecule has 1 aromatic carbocycles. The SMILES string of the molecule is CC1=C(c2ccccc2)C2(CCCO2)OC1=O. The van der Waals surface area contributed by atoms with Crippen molar-refractivity contribution >= 4 is 11.5 Å². The largest absolute Gasteiger partial charge is 0.425 e. The molecule has 0 amide bonds. The van der Waals surface area contributed by atoms with Gasteiger partial charge >= 0.3 is 5.97 Å². The van der Waals surface area contributed by atoms with E-state index >= 15 is 0 Å². The van der Waals surface area contributed by atoms with Gasteiger partial charge in [0.25, 0.3) is 0 Å². The molecule has 17 heavy (non-hydrogen) atoms. The summed E-state index contributed by atoms with van der Waals surface area (Å²) in [6.45, 7) is 2.46. The fourth-order valence-electron chi connectivity index (χ4n) is 2.60. The van der Waals surface area contributed by atoms with Crippen molar-refractivity contribution in [2.45, 2.75) is 25.6 Å². The molecule has 0 bridgehead atoms. The number of carbonyl (C=O) groups is 1. The maximum absolute atomic E-state index is 11.8. The normalized spacial score (nSPS) is 27.9. The van der Waals surface area contributed by atoms with Crippen molar-refractivity contribution < 1.29 is 14.3 Å². The molecule has 3 nitrogen and oxygen atoms in total. The summed E-state index contributed by atoms with van der Waals surface area (Å²) in [7, 11) is 0. The van der Waals surface area contributed by atoms with E-state index in [4.69, 9.17) is 9.47 Å². The lowest BCUT2D eigenvalue weighted by Crippen LogP contribution is -2.30. The van der Waals surface area contributed by atoms with Crippen LogP contribution in [0, 0.1) is 0 Å². The lowest BCUT2D eigenvalue weighted by Gasteiger charge is -2.25. The quantitative estimate of drug-likeness (QED) is 0.695. The van der Waals surface area contributed by atoms with Crippen molar-refractivity contribution in [3.8, 4) is 0 Å². The van der Waals surface area contributed by atoms with Gasteiger partial charge in [0.2, 0.25) is 5.79 Å². The third-order valence-electron chi connectivity index (χ3n) is 3.37. The number of hydrogen-bond acceptors (Lipinski definition) is 3. The molecule has 3 rings (SSSR count). The fourth-order valence-corrected chi connectivity index (χ4v) is 2.60. The average Bonchev–Trinajstić information content (AvgIpc) is 2.88. The maximum Gasteiger partial charge on any atom is 0.337 e. The molecule has 0 saturated carbocycles. The Morgan fingerprint density at radius 3 is 2.65 bits per heavy atom. The highest BCUT2D eigenvalue weighted by atomic mass is 16.7. The molecule has 1 unspecified atom stereocenters. The Balaban J connectivity index is 2.13. The van der Waals surface area contributed by atoms with Crippen LogP contribution in [0.25, 0.3) is 5.57 Å². The van der Waals surface area contributed by atoms with E-state index < -0.39 is 5.79 Å². The molecule has 0 N–H and O–H groups in total. The molecule has 1 fully saturated rings.